The summed E-state index contributed by atoms with van der Waals surface area (Å²) in [5, 5.41) is 28.1. The van der Waals surface area contributed by atoms with Gasteiger partial charge in [-0.05, 0) is 44.0 Å². The average molecular weight is 562 g/mol. The minimum absolute atomic E-state index is 0.0438. The van der Waals surface area contributed by atoms with Crippen LogP contribution in [0, 0.1) is 11.3 Å². The number of aromatic nitrogens is 1. The van der Waals surface area contributed by atoms with Gasteiger partial charge in [-0.3, -0.25) is 24.3 Å². The number of nitrogens with one attached hydrogen (secondary N) is 1. The summed E-state index contributed by atoms with van der Waals surface area (Å²) >= 11 is 0. The van der Waals surface area contributed by atoms with E-state index >= 15 is 0 Å². The lowest BCUT2D eigenvalue weighted by atomic mass is 9.97. The lowest BCUT2D eigenvalue weighted by molar-refractivity contribution is -0.0149. The fourth-order valence-corrected chi connectivity index (χ4v) is 4.75. The number of carbonyl (C=O) groups is 2. The molecule has 10 heteroatoms. The highest BCUT2D eigenvalue weighted by Gasteiger charge is 2.42. The smallest absolute Gasteiger partial charge is 0.278 e. The lowest BCUT2D eigenvalue weighted by Gasteiger charge is -2.27. The van der Waals surface area contributed by atoms with Crippen molar-refractivity contribution in [2.45, 2.75) is 39.0 Å². The second kappa shape index (κ2) is 11.2. The van der Waals surface area contributed by atoms with Gasteiger partial charge in [0.25, 0.3) is 17.4 Å². The first-order chi connectivity index (χ1) is 20.1. The molecule has 0 bridgehead atoms. The molecular formula is C32H27N5O5. The third-order valence-electron chi connectivity index (χ3n) is 6.70. The van der Waals surface area contributed by atoms with Crippen molar-refractivity contribution in [2.75, 3.05) is 0 Å². The number of amides is 2. The molecule has 10 nitrogen and oxygen atoms in total. The van der Waals surface area contributed by atoms with E-state index in [4.69, 9.17) is 4.74 Å². The lowest BCUT2D eigenvalue weighted by Crippen LogP contribution is -2.34. The van der Waals surface area contributed by atoms with Crippen molar-refractivity contribution in [1.29, 1.82) is 5.26 Å². The molecule has 210 valence electrons. The summed E-state index contributed by atoms with van der Waals surface area (Å²) in [7, 11) is 0. The number of aromatic amines is 1. The van der Waals surface area contributed by atoms with Gasteiger partial charge in [-0.1, -0.05) is 66.7 Å². The molecule has 0 aliphatic carbocycles. The second-order valence-corrected chi connectivity index (χ2v) is 10.6. The molecule has 0 radical (unpaired) electrons. The van der Waals surface area contributed by atoms with Crippen molar-refractivity contribution < 1.29 is 19.4 Å². The molecule has 1 aromatic heterocycles. The van der Waals surface area contributed by atoms with Crippen LogP contribution in [0.4, 0.5) is 11.4 Å². The Hall–Kier alpha value is -5.40. The highest BCUT2D eigenvalue weighted by atomic mass is 16.5. The van der Waals surface area contributed by atoms with Crippen LogP contribution in [0.1, 0.15) is 69.8 Å². The van der Waals surface area contributed by atoms with Crippen molar-refractivity contribution >= 4 is 23.2 Å². The van der Waals surface area contributed by atoms with Crippen LogP contribution in [0.5, 0.6) is 5.88 Å². The number of benzene rings is 3. The van der Waals surface area contributed by atoms with E-state index in [2.05, 4.69) is 15.2 Å². The van der Waals surface area contributed by atoms with Gasteiger partial charge < -0.3 is 9.84 Å². The van der Waals surface area contributed by atoms with Crippen LogP contribution in [0.2, 0.25) is 0 Å². The minimum Gasteiger partial charge on any atom is -0.494 e. The Bertz CT molecular complexity index is 1760. The van der Waals surface area contributed by atoms with Gasteiger partial charge >= 0.3 is 0 Å². The van der Waals surface area contributed by atoms with E-state index in [1.54, 1.807) is 32.9 Å². The van der Waals surface area contributed by atoms with E-state index in [-0.39, 0.29) is 40.2 Å². The first-order valence-corrected chi connectivity index (χ1v) is 13.2. The van der Waals surface area contributed by atoms with Gasteiger partial charge in [0.15, 0.2) is 5.69 Å². The average Bonchev–Trinajstić information content (AvgIpc) is 3.22. The zero-order valence-electron chi connectivity index (χ0n) is 23.2. The Morgan fingerprint density at radius 3 is 2.10 bits per heavy atom. The maximum absolute atomic E-state index is 14.0. The Morgan fingerprint density at radius 2 is 1.52 bits per heavy atom. The van der Waals surface area contributed by atoms with Crippen molar-refractivity contribution in [3.8, 4) is 11.9 Å². The van der Waals surface area contributed by atoms with E-state index in [1.807, 2.05) is 66.7 Å². The normalized spacial score (nSPS) is 13.2. The zero-order valence-corrected chi connectivity index (χ0v) is 23.2. The van der Waals surface area contributed by atoms with Crippen LogP contribution < -0.4 is 5.56 Å². The number of fused-ring (bicyclic) bond motifs is 1. The molecule has 3 aromatic carbocycles. The van der Waals surface area contributed by atoms with Crippen molar-refractivity contribution in [3.05, 3.63) is 123 Å². The number of H-pyrrole nitrogens is 1. The van der Waals surface area contributed by atoms with Gasteiger partial charge in [-0.15, -0.1) is 10.2 Å². The second-order valence-electron chi connectivity index (χ2n) is 10.6. The number of ether oxygens (including phenoxy) is 1. The summed E-state index contributed by atoms with van der Waals surface area (Å²) in [4.78, 5) is 43.9. The number of nitrogens with zero attached hydrogens (tertiary/aromatic N) is 4. The summed E-state index contributed by atoms with van der Waals surface area (Å²) in [6.07, 6.45) is 0. The third kappa shape index (κ3) is 5.33. The molecule has 1 aliphatic rings. The topological polar surface area (TPSA) is 148 Å². The molecule has 42 heavy (non-hydrogen) atoms. The maximum atomic E-state index is 14.0. The fourth-order valence-electron chi connectivity index (χ4n) is 4.75. The van der Waals surface area contributed by atoms with Crippen LogP contribution in [0.15, 0.2) is 93.9 Å². The van der Waals surface area contributed by atoms with E-state index in [1.165, 1.54) is 11.0 Å². The van der Waals surface area contributed by atoms with E-state index in [0.29, 0.717) is 0 Å². The molecule has 5 rings (SSSR count). The van der Waals surface area contributed by atoms with Crippen LogP contribution >= 0.6 is 0 Å². The summed E-state index contributed by atoms with van der Waals surface area (Å²) in [5.41, 5.74) is -0.0633. The summed E-state index contributed by atoms with van der Waals surface area (Å²) in [6, 6.07) is 24.3. The number of nitriles is 1. The number of carbonyl (C=O) groups excluding carboxylic acids is 2. The van der Waals surface area contributed by atoms with Crippen LogP contribution in [0.3, 0.4) is 0 Å². The predicted molar refractivity (Wildman–Crippen MR) is 154 cm³/mol. The van der Waals surface area contributed by atoms with E-state index < -0.39 is 34.9 Å². The van der Waals surface area contributed by atoms with Crippen LogP contribution in [-0.4, -0.2) is 32.4 Å². The SMILES string of the molecule is CC(C)(C)OCc1c(C#N)c(O)[nH]c(=O)c1N=Nc1cccc2c1C(=O)N(C(c1ccccc1)c1ccccc1)C2=O. The highest BCUT2D eigenvalue weighted by molar-refractivity contribution is 6.23. The third-order valence-corrected chi connectivity index (χ3v) is 6.70. The van der Waals surface area contributed by atoms with E-state index in [0.717, 1.165) is 11.1 Å². The number of pyridine rings is 1. The Morgan fingerprint density at radius 1 is 0.905 bits per heavy atom. The number of hydrogen-bond donors (Lipinski definition) is 2. The molecule has 0 saturated carbocycles. The molecule has 2 amide bonds. The highest BCUT2D eigenvalue weighted by Crippen LogP contribution is 2.39. The van der Waals surface area contributed by atoms with Crippen LogP contribution in [-0.2, 0) is 11.3 Å². The Kier molecular flexibility index (Phi) is 7.53. The fraction of sp³-hybridized carbons (Fsp3) is 0.188. The van der Waals surface area contributed by atoms with Gasteiger partial charge in [-0.2, -0.15) is 5.26 Å². The standard InChI is InChI=1S/C32H27N5O5/c1-32(2,3)42-18-23-22(17-33)28(38)34-29(39)26(23)36-35-24-16-10-15-21-25(24)31(41)37(30(21)40)27(19-11-6-4-7-12-19)20-13-8-5-9-14-20/h4-16,27H,18H2,1-3H3,(H2,34,38,39). The minimum atomic E-state index is -0.799. The monoisotopic (exact) mass is 561 g/mol. The van der Waals surface area contributed by atoms with Crippen molar-refractivity contribution in [1.82, 2.24) is 9.88 Å². The van der Waals surface area contributed by atoms with Gasteiger partial charge in [0.1, 0.15) is 11.6 Å². The Balaban J connectivity index is 1.59. The first-order valence-electron chi connectivity index (χ1n) is 13.2. The van der Waals surface area contributed by atoms with Gasteiger partial charge in [0, 0.05) is 5.56 Å². The molecule has 2 N–H and O–H groups in total. The molecular weight excluding hydrogens is 534 g/mol. The van der Waals surface area contributed by atoms with E-state index in [9.17, 15) is 24.8 Å². The first kappa shape index (κ1) is 28.1. The zero-order chi connectivity index (χ0) is 30.0. The number of hydrogen-bond acceptors (Lipinski definition) is 8. The maximum Gasteiger partial charge on any atom is 0.278 e. The van der Waals surface area contributed by atoms with Gasteiger partial charge in [0.05, 0.1) is 35.1 Å². The quantitative estimate of drug-likeness (QED) is 0.207. The predicted octanol–water partition coefficient (Wildman–Crippen LogP) is 6.07. The van der Waals surface area contributed by atoms with Gasteiger partial charge in [0.2, 0.25) is 5.88 Å². The molecule has 0 unspecified atom stereocenters. The molecule has 0 atom stereocenters. The number of imide groups is 1. The van der Waals surface area contributed by atoms with Crippen molar-refractivity contribution in [3.63, 3.8) is 0 Å². The number of azo groups is 1. The summed E-state index contributed by atoms with van der Waals surface area (Å²) < 4.78 is 5.77. The number of aromatic hydroxyl groups is 1. The molecule has 0 fully saturated rings. The van der Waals surface area contributed by atoms with Crippen molar-refractivity contribution in [2.24, 2.45) is 10.2 Å². The molecule has 2 heterocycles. The molecule has 1 aliphatic heterocycles. The Labute approximate surface area is 241 Å². The van der Waals surface area contributed by atoms with Crippen LogP contribution in [0.25, 0.3) is 0 Å². The molecule has 0 spiro atoms. The van der Waals surface area contributed by atoms with Gasteiger partial charge in [-0.25, -0.2) is 0 Å². The number of rotatable bonds is 7. The largest absolute Gasteiger partial charge is 0.494 e. The summed E-state index contributed by atoms with van der Waals surface area (Å²) in [5.74, 6) is -1.66. The molecule has 4 aromatic rings. The summed E-state index contributed by atoms with van der Waals surface area (Å²) in [6.45, 7) is 5.19. The molecule has 0 saturated heterocycles.